The summed E-state index contributed by atoms with van der Waals surface area (Å²) < 4.78 is 32.8. The maximum atomic E-state index is 12.6. The zero-order valence-corrected chi connectivity index (χ0v) is 18.3. The Kier molecular flexibility index (Phi) is 8.22. The average molecular weight is 419 g/mol. The van der Waals surface area contributed by atoms with Gasteiger partial charge in [0.2, 0.25) is 10.0 Å². The van der Waals surface area contributed by atoms with E-state index in [0.717, 1.165) is 5.56 Å². The molecular weight excluding hydrogens is 388 g/mol. The lowest BCUT2D eigenvalue weighted by molar-refractivity contribution is 0.0950. The summed E-state index contributed by atoms with van der Waals surface area (Å²) in [4.78, 5) is 12.6. The molecular formula is C22H30N2O4S. The lowest BCUT2D eigenvalue weighted by atomic mass is 10.1. The maximum Gasteiger partial charge on any atom is 0.251 e. The summed E-state index contributed by atoms with van der Waals surface area (Å²) in [5.74, 6) is 0.677. The second-order valence-electron chi connectivity index (χ2n) is 7.72. The van der Waals surface area contributed by atoms with E-state index in [1.165, 1.54) is 0 Å². The summed E-state index contributed by atoms with van der Waals surface area (Å²) in [7, 11) is -3.45. The molecule has 2 N–H and O–H groups in total. The minimum Gasteiger partial charge on any atom is -0.493 e. The number of nitrogens with one attached hydrogen (secondary N) is 2. The largest absolute Gasteiger partial charge is 0.493 e. The zero-order valence-electron chi connectivity index (χ0n) is 17.4. The van der Waals surface area contributed by atoms with Crippen LogP contribution in [0.5, 0.6) is 5.75 Å². The third-order valence-corrected chi connectivity index (χ3v) is 5.52. The number of sulfonamides is 1. The molecule has 0 unspecified atom stereocenters. The molecule has 0 saturated carbocycles. The number of benzene rings is 2. The number of ether oxygens (including phenoxy) is 1. The summed E-state index contributed by atoms with van der Waals surface area (Å²) >= 11 is 0. The number of hydrogen-bond acceptors (Lipinski definition) is 4. The third-order valence-electron chi connectivity index (χ3n) is 4.00. The lowest BCUT2D eigenvalue weighted by Crippen LogP contribution is -2.32. The van der Waals surface area contributed by atoms with Crippen LogP contribution >= 0.6 is 0 Å². The predicted molar refractivity (Wildman–Crippen MR) is 115 cm³/mol. The molecule has 0 bridgehead atoms. The minimum atomic E-state index is -3.45. The van der Waals surface area contributed by atoms with Gasteiger partial charge in [0.05, 0.1) is 12.4 Å². The monoisotopic (exact) mass is 418 g/mol. The van der Waals surface area contributed by atoms with Crippen molar-refractivity contribution >= 4 is 15.9 Å². The van der Waals surface area contributed by atoms with Crippen molar-refractivity contribution < 1.29 is 17.9 Å². The molecule has 2 aromatic rings. The molecule has 0 atom stereocenters. The van der Waals surface area contributed by atoms with Crippen LogP contribution < -0.4 is 14.8 Å². The molecule has 0 saturated heterocycles. The van der Waals surface area contributed by atoms with Gasteiger partial charge in [-0.25, -0.2) is 13.1 Å². The van der Waals surface area contributed by atoms with Crippen LogP contribution in [0.15, 0.2) is 48.5 Å². The Labute approximate surface area is 173 Å². The van der Waals surface area contributed by atoms with Gasteiger partial charge in [0.25, 0.3) is 5.91 Å². The van der Waals surface area contributed by atoms with E-state index in [0.29, 0.717) is 29.4 Å². The molecule has 0 fully saturated rings. The van der Waals surface area contributed by atoms with Crippen LogP contribution in [-0.4, -0.2) is 27.0 Å². The second kappa shape index (κ2) is 10.4. The van der Waals surface area contributed by atoms with Crippen LogP contribution in [0, 0.1) is 5.92 Å². The molecule has 0 heterocycles. The van der Waals surface area contributed by atoms with Gasteiger partial charge in [0.15, 0.2) is 0 Å². The molecule has 2 rings (SSSR count). The fourth-order valence-corrected chi connectivity index (χ4v) is 4.24. The van der Waals surface area contributed by atoms with E-state index in [4.69, 9.17) is 4.74 Å². The Morgan fingerprint density at radius 3 is 2.34 bits per heavy atom. The van der Waals surface area contributed by atoms with Crippen LogP contribution in [0.25, 0.3) is 0 Å². The van der Waals surface area contributed by atoms with E-state index in [1.54, 1.807) is 44.2 Å². The smallest absolute Gasteiger partial charge is 0.251 e. The fraction of sp³-hybridized carbons (Fsp3) is 0.409. The summed E-state index contributed by atoms with van der Waals surface area (Å²) in [5.41, 5.74) is 1.93. The first kappa shape index (κ1) is 22.9. The van der Waals surface area contributed by atoms with Crippen LogP contribution in [-0.2, 0) is 22.3 Å². The highest BCUT2D eigenvalue weighted by molar-refractivity contribution is 7.88. The van der Waals surface area contributed by atoms with Crippen LogP contribution in [0.2, 0.25) is 0 Å². The van der Waals surface area contributed by atoms with Crippen LogP contribution in [0.3, 0.4) is 0 Å². The average Bonchev–Trinajstić information content (AvgIpc) is 2.64. The van der Waals surface area contributed by atoms with Crippen molar-refractivity contribution in [2.45, 2.75) is 46.0 Å². The molecule has 0 aliphatic rings. The molecule has 6 nitrogen and oxygen atoms in total. The van der Waals surface area contributed by atoms with Gasteiger partial charge < -0.3 is 10.1 Å². The highest BCUT2D eigenvalue weighted by Crippen LogP contribution is 2.16. The van der Waals surface area contributed by atoms with Gasteiger partial charge in [-0.1, -0.05) is 44.2 Å². The third kappa shape index (κ3) is 7.87. The Morgan fingerprint density at radius 2 is 1.69 bits per heavy atom. The van der Waals surface area contributed by atoms with E-state index in [1.807, 2.05) is 18.2 Å². The number of amides is 1. The van der Waals surface area contributed by atoms with Crippen molar-refractivity contribution in [3.8, 4) is 5.75 Å². The lowest BCUT2D eigenvalue weighted by Gasteiger charge is -2.14. The molecule has 2 aromatic carbocycles. The van der Waals surface area contributed by atoms with Gasteiger partial charge in [-0.15, -0.1) is 0 Å². The molecule has 0 aliphatic heterocycles. The van der Waals surface area contributed by atoms with E-state index in [-0.39, 0.29) is 24.2 Å². The van der Waals surface area contributed by atoms with Gasteiger partial charge in [-0.2, -0.15) is 0 Å². The molecule has 0 aliphatic carbocycles. The molecule has 29 heavy (non-hydrogen) atoms. The molecule has 158 valence electrons. The van der Waals surface area contributed by atoms with Crippen LogP contribution in [0.4, 0.5) is 0 Å². The van der Waals surface area contributed by atoms with Gasteiger partial charge >= 0.3 is 0 Å². The van der Waals surface area contributed by atoms with Crippen molar-refractivity contribution in [2.24, 2.45) is 5.92 Å². The molecule has 0 aromatic heterocycles. The summed E-state index contributed by atoms with van der Waals surface area (Å²) in [6.07, 6.45) is 0. The first-order chi connectivity index (χ1) is 13.7. The summed E-state index contributed by atoms with van der Waals surface area (Å²) in [6, 6.07) is 14.1. The van der Waals surface area contributed by atoms with Gasteiger partial charge in [-0.3, -0.25) is 4.79 Å². The van der Waals surface area contributed by atoms with Crippen molar-refractivity contribution in [1.82, 2.24) is 10.0 Å². The molecule has 1 amide bonds. The summed E-state index contributed by atoms with van der Waals surface area (Å²) in [5, 5.41) is 2.86. The Bertz CT molecular complexity index is 924. The maximum absolute atomic E-state index is 12.6. The first-order valence-electron chi connectivity index (χ1n) is 9.74. The SMILES string of the molecule is CC(C)COc1cccc(C(=O)NCc2ccccc2CS(=O)(=O)NC(C)C)c1. The number of carbonyl (C=O) groups is 1. The number of rotatable bonds is 10. The Morgan fingerprint density at radius 1 is 1.00 bits per heavy atom. The fourth-order valence-electron chi connectivity index (χ4n) is 2.74. The van der Waals surface area contributed by atoms with Crippen molar-refractivity contribution in [1.29, 1.82) is 0 Å². The zero-order chi connectivity index (χ0) is 21.4. The van der Waals surface area contributed by atoms with Gasteiger partial charge in [-0.05, 0) is 49.1 Å². The van der Waals surface area contributed by atoms with E-state index < -0.39 is 10.0 Å². The second-order valence-corrected chi connectivity index (χ2v) is 9.47. The quantitative estimate of drug-likeness (QED) is 0.619. The first-order valence-corrected chi connectivity index (χ1v) is 11.4. The molecule has 7 heteroatoms. The van der Waals surface area contributed by atoms with Gasteiger partial charge in [0.1, 0.15) is 5.75 Å². The standard InChI is InChI=1S/C22H30N2O4S/c1-16(2)14-28-21-11-7-10-18(12-21)22(25)23-13-19-8-5-6-9-20(19)15-29(26,27)24-17(3)4/h5-12,16-17,24H,13-15H2,1-4H3,(H,23,25). The summed E-state index contributed by atoms with van der Waals surface area (Å²) in [6.45, 7) is 8.50. The minimum absolute atomic E-state index is 0.129. The highest BCUT2D eigenvalue weighted by atomic mass is 32.2. The topological polar surface area (TPSA) is 84.5 Å². The van der Waals surface area contributed by atoms with E-state index in [9.17, 15) is 13.2 Å². The molecule has 0 radical (unpaired) electrons. The highest BCUT2D eigenvalue weighted by Gasteiger charge is 2.16. The van der Waals surface area contributed by atoms with Gasteiger partial charge in [0, 0.05) is 18.2 Å². The van der Waals surface area contributed by atoms with E-state index >= 15 is 0 Å². The number of hydrogen-bond donors (Lipinski definition) is 2. The number of carbonyl (C=O) groups excluding carboxylic acids is 1. The van der Waals surface area contributed by atoms with Crippen LogP contribution in [0.1, 0.15) is 49.2 Å². The van der Waals surface area contributed by atoms with Crippen molar-refractivity contribution in [2.75, 3.05) is 6.61 Å². The van der Waals surface area contributed by atoms with Crippen molar-refractivity contribution in [3.63, 3.8) is 0 Å². The Balaban J connectivity index is 2.05. The Hall–Kier alpha value is -2.38. The molecule has 0 spiro atoms. The predicted octanol–water partition coefficient (Wildman–Crippen LogP) is 3.48. The van der Waals surface area contributed by atoms with E-state index in [2.05, 4.69) is 23.9 Å². The van der Waals surface area contributed by atoms with Crippen molar-refractivity contribution in [3.05, 3.63) is 65.2 Å². The normalized spacial score (nSPS) is 11.7.